The van der Waals surface area contributed by atoms with Crippen molar-refractivity contribution in [3.05, 3.63) is 64.7 Å². The summed E-state index contributed by atoms with van der Waals surface area (Å²) in [4.78, 5) is 28.6. The minimum atomic E-state index is -0.0182. The molecule has 1 fully saturated rings. The summed E-state index contributed by atoms with van der Waals surface area (Å²) in [6, 6.07) is 14.8. The minimum Gasteiger partial charge on any atom is -0.493 e. The van der Waals surface area contributed by atoms with Crippen molar-refractivity contribution in [1.82, 2.24) is 9.80 Å². The first kappa shape index (κ1) is 20.2. The molecular weight excluding hydrogens is 376 g/mol. The molecule has 2 amide bonds. The van der Waals surface area contributed by atoms with Crippen molar-refractivity contribution >= 4 is 23.4 Å². The van der Waals surface area contributed by atoms with Gasteiger partial charge in [-0.05, 0) is 49.2 Å². The summed E-state index contributed by atoms with van der Waals surface area (Å²) in [5.74, 6) is 0.964. The molecule has 148 valence electrons. The highest BCUT2D eigenvalue weighted by Crippen LogP contribution is 2.17. The van der Waals surface area contributed by atoms with Crippen LogP contribution < -0.4 is 4.74 Å². The Balaban J connectivity index is 1.39. The Hall–Kier alpha value is -2.53. The molecule has 1 aliphatic heterocycles. The fourth-order valence-corrected chi connectivity index (χ4v) is 3.34. The lowest BCUT2D eigenvalue weighted by Crippen LogP contribution is -2.50. The van der Waals surface area contributed by atoms with E-state index in [1.165, 1.54) is 0 Å². The summed E-state index contributed by atoms with van der Waals surface area (Å²) >= 11 is 5.87. The second kappa shape index (κ2) is 9.60. The maximum absolute atomic E-state index is 12.5. The Morgan fingerprint density at radius 1 is 0.964 bits per heavy atom. The number of para-hydroxylation sites is 1. The van der Waals surface area contributed by atoms with Crippen LogP contribution in [0.3, 0.4) is 0 Å². The second-order valence-electron chi connectivity index (χ2n) is 6.90. The van der Waals surface area contributed by atoms with Crippen LogP contribution in [0.25, 0.3) is 0 Å². The number of amides is 2. The molecular formula is C22H25ClN2O3. The van der Waals surface area contributed by atoms with Crippen LogP contribution in [0.2, 0.25) is 5.02 Å². The van der Waals surface area contributed by atoms with Gasteiger partial charge in [-0.25, -0.2) is 0 Å². The summed E-state index contributed by atoms with van der Waals surface area (Å²) in [7, 11) is 0. The number of benzene rings is 2. The molecule has 0 unspecified atom stereocenters. The molecule has 0 radical (unpaired) electrons. The van der Waals surface area contributed by atoms with E-state index in [0.29, 0.717) is 56.2 Å². The van der Waals surface area contributed by atoms with Crippen LogP contribution in [-0.4, -0.2) is 54.4 Å². The van der Waals surface area contributed by atoms with Gasteiger partial charge in [0, 0.05) is 43.2 Å². The lowest BCUT2D eigenvalue weighted by atomic mass is 10.1. The average Bonchev–Trinajstić information content (AvgIpc) is 2.72. The van der Waals surface area contributed by atoms with Crippen molar-refractivity contribution < 1.29 is 14.3 Å². The van der Waals surface area contributed by atoms with E-state index in [1.54, 1.807) is 29.2 Å². The fourth-order valence-electron chi connectivity index (χ4n) is 3.22. The number of nitrogens with zero attached hydrogens (tertiary/aromatic N) is 2. The van der Waals surface area contributed by atoms with Crippen LogP contribution in [0, 0.1) is 6.92 Å². The van der Waals surface area contributed by atoms with Gasteiger partial charge >= 0.3 is 0 Å². The van der Waals surface area contributed by atoms with E-state index in [4.69, 9.17) is 16.3 Å². The number of rotatable bonds is 6. The fraction of sp³-hybridized carbons (Fsp3) is 0.364. The summed E-state index contributed by atoms with van der Waals surface area (Å²) in [6.45, 7) is 4.75. The Bertz CT molecular complexity index is 815. The van der Waals surface area contributed by atoms with Crippen LogP contribution in [0.1, 0.15) is 28.8 Å². The molecule has 1 aliphatic rings. The Morgan fingerprint density at radius 3 is 2.29 bits per heavy atom. The molecule has 0 aliphatic carbocycles. The number of ether oxygens (including phenoxy) is 1. The van der Waals surface area contributed by atoms with Crippen LogP contribution in [-0.2, 0) is 4.79 Å². The summed E-state index contributed by atoms with van der Waals surface area (Å²) < 4.78 is 5.75. The maximum atomic E-state index is 12.5. The average molecular weight is 401 g/mol. The molecule has 0 spiro atoms. The van der Waals surface area contributed by atoms with Crippen molar-refractivity contribution in [3.8, 4) is 5.75 Å². The quantitative estimate of drug-likeness (QED) is 0.693. The summed E-state index contributed by atoms with van der Waals surface area (Å²) in [5.41, 5.74) is 1.72. The van der Waals surface area contributed by atoms with Gasteiger partial charge in [-0.15, -0.1) is 0 Å². The van der Waals surface area contributed by atoms with Gasteiger partial charge in [0.05, 0.1) is 6.61 Å². The largest absolute Gasteiger partial charge is 0.493 e. The van der Waals surface area contributed by atoms with Gasteiger partial charge in [0.1, 0.15) is 5.75 Å². The van der Waals surface area contributed by atoms with E-state index in [-0.39, 0.29) is 11.8 Å². The van der Waals surface area contributed by atoms with Gasteiger partial charge in [0.25, 0.3) is 5.91 Å². The Kier molecular flexibility index (Phi) is 6.93. The predicted molar refractivity (Wildman–Crippen MR) is 110 cm³/mol. The zero-order valence-electron chi connectivity index (χ0n) is 16.1. The van der Waals surface area contributed by atoms with E-state index in [1.807, 2.05) is 36.1 Å². The molecule has 6 heteroatoms. The van der Waals surface area contributed by atoms with Crippen molar-refractivity contribution in [2.24, 2.45) is 0 Å². The van der Waals surface area contributed by atoms with Gasteiger partial charge in [-0.2, -0.15) is 0 Å². The van der Waals surface area contributed by atoms with Crippen molar-refractivity contribution in [3.63, 3.8) is 0 Å². The normalized spacial score (nSPS) is 14.1. The molecule has 1 heterocycles. The number of hydrogen-bond acceptors (Lipinski definition) is 3. The van der Waals surface area contributed by atoms with E-state index in [9.17, 15) is 9.59 Å². The molecule has 5 nitrogen and oxygen atoms in total. The van der Waals surface area contributed by atoms with E-state index in [0.717, 1.165) is 11.3 Å². The molecule has 0 aromatic heterocycles. The Labute approximate surface area is 170 Å². The van der Waals surface area contributed by atoms with Crippen LogP contribution in [0.4, 0.5) is 0 Å². The van der Waals surface area contributed by atoms with E-state index < -0.39 is 0 Å². The first-order valence-corrected chi connectivity index (χ1v) is 9.93. The summed E-state index contributed by atoms with van der Waals surface area (Å²) in [6.07, 6.45) is 1.13. The molecule has 1 saturated heterocycles. The number of aryl methyl sites for hydroxylation is 1. The van der Waals surface area contributed by atoms with Crippen LogP contribution in [0.5, 0.6) is 5.75 Å². The Morgan fingerprint density at radius 2 is 1.61 bits per heavy atom. The van der Waals surface area contributed by atoms with Crippen molar-refractivity contribution in [2.75, 3.05) is 32.8 Å². The number of piperazine rings is 1. The van der Waals surface area contributed by atoms with Crippen LogP contribution >= 0.6 is 11.6 Å². The predicted octanol–water partition coefficient (Wildman–Crippen LogP) is 3.79. The first-order chi connectivity index (χ1) is 13.5. The zero-order chi connectivity index (χ0) is 19.9. The molecule has 2 aromatic rings. The lowest BCUT2D eigenvalue weighted by Gasteiger charge is -2.35. The molecule has 28 heavy (non-hydrogen) atoms. The number of hydrogen-bond donors (Lipinski definition) is 0. The number of halogens is 1. The van der Waals surface area contributed by atoms with Gasteiger partial charge in [-0.3, -0.25) is 9.59 Å². The highest BCUT2D eigenvalue weighted by Gasteiger charge is 2.24. The van der Waals surface area contributed by atoms with E-state index in [2.05, 4.69) is 0 Å². The highest BCUT2D eigenvalue weighted by atomic mass is 35.5. The van der Waals surface area contributed by atoms with E-state index >= 15 is 0 Å². The topological polar surface area (TPSA) is 49.9 Å². The maximum Gasteiger partial charge on any atom is 0.253 e. The third-order valence-electron chi connectivity index (χ3n) is 4.90. The summed E-state index contributed by atoms with van der Waals surface area (Å²) in [5, 5.41) is 0.610. The van der Waals surface area contributed by atoms with Crippen molar-refractivity contribution in [2.45, 2.75) is 19.8 Å². The van der Waals surface area contributed by atoms with Crippen molar-refractivity contribution in [1.29, 1.82) is 0 Å². The molecule has 2 aromatic carbocycles. The smallest absolute Gasteiger partial charge is 0.253 e. The standard InChI is InChI=1S/C22H25ClN2O3/c1-17-5-2-3-6-20(17)28-16-4-7-21(26)24-12-14-25(15-13-24)22(27)18-8-10-19(23)11-9-18/h2-3,5-6,8-11H,4,7,12-16H2,1H3. The molecule has 0 atom stereocenters. The number of carbonyl (C=O) groups is 2. The third kappa shape index (κ3) is 5.26. The van der Waals surface area contributed by atoms with Gasteiger partial charge in [0.2, 0.25) is 5.91 Å². The van der Waals surface area contributed by atoms with Gasteiger partial charge in [-0.1, -0.05) is 29.8 Å². The zero-order valence-corrected chi connectivity index (χ0v) is 16.8. The highest BCUT2D eigenvalue weighted by molar-refractivity contribution is 6.30. The minimum absolute atomic E-state index is 0.0182. The number of carbonyl (C=O) groups excluding carboxylic acids is 2. The van der Waals surface area contributed by atoms with Gasteiger partial charge < -0.3 is 14.5 Å². The molecule has 0 N–H and O–H groups in total. The molecule has 0 bridgehead atoms. The monoisotopic (exact) mass is 400 g/mol. The van der Waals surface area contributed by atoms with Gasteiger partial charge in [0.15, 0.2) is 0 Å². The molecule has 0 saturated carbocycles. The third-order valence-corrected chi connectivity index (χ3v) is 5.15. The molecule has 3 rings (SSSR count). The lowest BCUT2D eigenvalue weighted by molar-refractivity contribution is -0.132. The van der Waals surface area contributed by atoms with Crippen LogP contribution in [0.15, 0.2) is 48.5 Å². The second-order valence-corrected chi connectivity index (χ2v) is 7.33. The first-order valence-electron chi connectivity index (χ1n) is 9.55. The SMILES string of the molecule is Cc1ccccc1OCCCC(=O)N1CCN(C(=O)c2ccc(Cl)cc2)CC1.